The van der Waals surface area contributed by atoms with Crippen molar-refractivity contribution in [1.29, 1.82) is 0 Å². The van der Waals surface area contributed by atoms with Gasteiger partial charge in [0.25, 0.3) is 5.91 Å². The molecular formula is C34H53N5O8S. The molecule has 4 N–H and O–H groups in total. The summed E-state index contributed by atoms with van der Waals surface area (Å²) in [6.45, 7) is 6.99. The van der Waals surface area contributed by atoms with Crippen molar-refractivity contribution in [3.8, 4) is 0 Å². The highest BCUT2D eigenvalue weighted by molar-refractivity contribution is 8.00. The van der Waals surface area contributed by atoms with Crippen LogP contribution in [0.15, 0.2) is 24.3 Å². The van der Waals surface area contributed by atoms with Gasteiger partial charge in [-0.3, -0.25) is 14.4 Å². The van der Waals surface area contributed by atoms with E-state index in [1.807, 2.05) is 47.9 Å². The lowest BCUT2D eigenvalue weighted by molar-refractivity contribution is -0.123. The SMILES string of the molecule is Cc1ccc(C(=O)N2CCCC(NC(=O)CCOCCOCCOCCOCCNC(=O)CCCC[C@@H]3SCC4NC(=O)NC43)C2)cc1. The Hall–Kier alpha value is -2.91. The molecule has 48 heavy (non-hydrogen) atoms. The van der Waals surface area contributed by atoms with Gasteiger partial charge in [-0.2, -0.15) is 11.8 Å². The molecule has 0 saturated carbocycles. The highest BCUT2D eigenvalue weighted by Crippen LogP contribution is 2.33. The normalized spacial score (nSPS) is 21.8. The summed E-state index contributed by atoms with van der Waals surface area (Å²) in [6, 6.07) is 7.92. The average molecular weight is 692 g/mol. The lowest BCUT2D eigenvalue weighted by atomic mass is 10.0. The maximum atomic E-state index is 12.8. The van der Waals surface area contributed by atoms with E-state index >= 15 is 0 Å². The van der Waals surface area contributed by atoms with Crippen LogP contribution in [0.2, 0.25) is 0 Å². The van der Waals surface area contributed by atoms with Crippen molar-refractivity contribution in [2.75, 3.05) is 78.2 Å². The number of piperidine rings is 1. The Labute approximate surface area is 288 Å². The summed E-state index contributed by atoms with van der Waals surface area (Å²) < 4.78 is 22.0. The Morgan fingerprint density at radius 1 is 0.875 bits per heavy atom. The molecule has 0 spiro atoms. The molecule has 3 fully saturated rings. The number of ether oxygens (including phenoxy) is 4. The predicted molar refractivity (Wildman–Crippen MR) is 183 cm³/mol. The second kappa shape index (κ2) is 21.2. The number of fused-ring (bicyclic) bond motifs is 1. The van der Waals surface area contributed by atoms with E-state index in [-0.39, 0.29) is 48.3 Å². The summed E-state index contributed by atoms with van der Waals surface area (Å²) in [5, 5.41) is 12.3. The van der Waals surface area contributed by atoms with Crippen LogP contribution in [0.4, 0.5) is 4.79 Å². The number of urea groups is 1. The van der Waals surface area contributed by atoms with E-state index in [0.29, 0.717) is 89.7 Å². The van der Waals surface area contributed by atoms with Crippen molar-refractivity contribution in [1.82, 2.24) is 26.2 Å². The van der Waals surface area contributed by atoms with Gasteiger partial charge in [-0.15, -0.1) is 0 Å². The minimum atomic E-state index is -0.0771. The summed E-state index contributed by atoms with van der Waals surface area (Å²) >= 11 is 1.90. The molecule has 0 bridgehead atoms. The van der Waals surface area contributed by atoms with Crippen molar-refractivity contribution < 1.29 is 38.1 Å². The smallest absolute Gasteiger partial charge is 0.315 e. The topological polar surface area (TPSA) is 157 Å². The number of unbranched alkanes of at least 4 members (excludes halogenated alkanes) is 1. The average Bonchev–Trinajstić information content (AvgIpc) is 3.64. The zero-order chi connectivity index (χ0) is 34.0. The Morgan fingerprint density at radius 2 is 1.56 bits per heavy atom. The fourth-order valence-electron chi connectivity index (χ4n) is 6.01. The van der Waals surface area contributed by atoms with Crippen LogP contribution >= 0.6 is 11.8 Å². The maximum Gasteiger partial charge on any atom is 0.315 e. The lowest BCUT2D eigenvalue weighted by Crippen LogP contribution is -2.49. The molecule has 1 aromatic rings. The molecule has 0 aromatic heterocycles. The second-order valence-electron chi connectivity index (χ2n) is 12.4. The first-order chi connectivity index (χ1) is 23.4. The molecular weight excluding hydrogens is 638 g/mol. The highest BCUT2D eigenvalue weighted by atomic mass is 32.2. The van der Waals surface area contributed by atoms with E-state index < -0.39 is 0 Å². The van der Waals surface area contributed by atoms with Gasteiger partial charge in [0, 0.05) is 55.1 Å². The third kappa shape index (κ3) is 13.5. The van der Waals surface area contributed by atoms with Crippen LogP contribution in [-0.2, 0) is 28.5 Å². The van der Waals surface area contributed by atoms with Crippen LogP contribution in [0.5, 0.6) is 0 Å². The second-order valence-corrected chi connectivity index (χ2v) is 13.7. The highest BCUT2D eigenvalue weighted by Gasteiger charge is 2.42. The molecule has 3 aliphatic rings. The minimum absolute atomic E-state index is 0.00454. The summed E-state index contributed by atoms with van der Waals surface area (Å²) in [6.07, 6.45) is 5.28. The Kier molecular flexibility index (Phi) is 16.8. The van der Waals surface area contributed by atoms with E-state index in [9.17, 15) is 19.2 Å². The maximum absolute atomic E-state index is 12.8. The largest absolute Gasteiger partial charge is 0.379 e. The number of thioether (sulfide) groups is 1. The summed E-state index contributed by atoms with van der Waals surface area (Å²) in [5.41, 5.74) is 1.79. The molecule has 3 heterocycles. The number of likely N-dealkylation sites (tertiary alicyclic amines) is 1. The van der Waals surface area contributed by atoms with Crippen LogP contribution in [0.1, 0.15) is 60.9 Å². The summed E-state index contributed by atoms with van der Waals surface area (Å²) in [7, 11) is 0. The van der Waals surface area contributed by atoms with Gasteiger partial charge in [-0.25, -0.2) is 4.79 Å². The van der Waals surface area contributed by atoms with E-state index in [4.69, 9.17) is 18.9 Å². The van der Waals surface area contributed by atoms with Gasteiger partial charge in [-0.1, -0.05) is 24.1 Å². The molecule has 4 atom stereocenters. The molecule has 13 nitrogen and oxygen atoms in total. The molecule has 3 unspecified atom stereocenters. The first kappa shape index (κ1) is 37.9. The Balaban J connectivity index is 0.870. The van der Waals surface area contributed by atoms with Gasteiger partial charge < -0.3 is 45.1 Å². The third-order valence-corrected chi connectivity index (χ3v) is 10.1. The lowest BCUT2D eigenvalue weighted by Gasteiger charge is -2.33. The van der Waals surface area contributed by atoms with Crippen molar-refractivity contribution in [3.63, 3.8) is 0 Å². The monoisotopic (exact) mass is 691 g/mol. The van der Waals surface area contributed by atoms with Gasteiger partial charge in [-0.05, 0) is 44.7 Å². The number of carbonyl (C=O) groups is 4. The molecule has 4 rings (SSSR count). The molecule has 1 aromatic carbocycles. The molecule has 268 valence electrons. The van der Waals surface area contributed by atoms with E-state index in [2.05, 4.69) is 21.3 Å². The zero-order valence-corrected chi connectivity index (χ0v) is 29.0. The van der Waals surface area contributed by atoms with Crippen LogP contribution in [0.25, 0.3) is 0 Å². The fraction of sp³-hybridized carbons (Fsp3) is 0.706. The number of rotatable bonds is 22. The number of nitrogens with one attached hydrogen (secondary N) is 4. The molecule has 0 radical (unpaired) electrons. The molecule has 0 aliphatic carbocycles. The zero-order valence-electron chi connectivity index (χ0n) is 28.2. The van der Waals surface area contributed by atoms with E-state index in [1.54, 1.807) is 0 Å². The van der Waals surface area contributed by atoms with Crippen LogP contribution in [-0.4, -0.2) is 130 Å². The molecule has 3 aliphatic heterocycles. The molecule has 5 amide bonds. The van der Waals surface area contributed by atoms with Gasteiger partial charge in [0.1, 0.15) is 0 Å². The molecule has 3 saturated heterocycles. The number of benzene rings is 1. The van der Waals surface area contributed by atoms with Gasteiger partial charge in [0.05, 0.1) is 64.9 Å². The quantitative estimate of drug-likeness (QED) is 0.106. The van der Waals surface area contributed by atoms with E-state index in [0.717, 1.165) is 43.4 Å². The number of amides is 5. The van der Waals surface area contributed by atoms with Crippen molar-refractivity contribution in [2.24, 2.45) is 0 Å². The van der Waals surface area contributed by atoms with Crippen molar-refractivity contribution in [3.05, 3.63) is 35.4 Å². The summed E-state index contributed by atoms with van der Waals surface area (Å²) in [5.74, 6) is 0.916. The number of carbonyl (C=O) groups excluding carboxylic acids is 4. The first-order valence-corrected chi connectivity index (χ1v) is 18.4. The fourth-order valence-corrected chi connectivity index (χ4v) is 7.55. The number of hydrogen-bond acceptors (Lipinski definition) is 9. The minimum Gasteiger partial charge on any atom is -0.379 e. The Bertz CT molecular complexity index is 1160. The summed E-state index contributed by atoms with van der Waals surface area (Å²) in [4.78, 5) is 50.5. The van der Waals surface area contributed by atoms with E-state index in [1.165, 1.54) is 0 Å². The van der Waals surface area contributed by atoms with Crippen molar-refractivity contribution in [2.45, 2.75) is 75.2 Å². The van der Waals surface area contributed by atoms with Crippen LogP contribution in [0, 0.1) is 6.92 Å². The van der Waals surface area contributed by atoms with Crippen molar-refractivity contribution >= 4 is 35.5 Å². The standard InChI is InChI=1S/C34H53N5O8S/c1-25-8-10-26(11-9-25)33(42)39-14-4-5-27(23-39)36-31(41)12-15-44-17-19-46-21-22-47-20-18-45-16-13-35-30(40)7-3-2-6-29-32-28(24-48-29)37-34(43)38-32/h8-11,27-29,32H,2-7,12-24H2,1H3,(H,35,40)(H,36,41)(H2,37,38,43)/t27?,28?,29-,32?/m0/s1. The molecule has 14 heteroatoms. The predicted octanol–water partition coefficient (Wildman–Crippen LogP) is 2.01. The number of nitrogens with zero attached hydrogens (tertiary/aromatic N) is 1. The number of hydrogen-bond donors (Lipinski definition) is 4. The van der Waals surface area contributed by atoms with Crippen LogP contribution < -0.4 is 21.3 Å². The van der Waals surface area contributed by atoms with Gasteiger partial charge in [0.15, 0.2) is 0 Å². The number of aryl methyl sites for hydroxylation is 1. The van der Waals surface area contributed by atoms with Gasteiger partial charge in [0.2, 0.25) is 11.8 Å². The van der Waals surface area contributed by atoms with Crippen LogP contribution in [0.3, 0.4) is 0 Å². The van der Waals surface area contributed by atoms with Gasteiger partial charge >= 0.3 is 6.03 Å². The first-order valence-electron chi connectivity index (χ1n) is 17.3. The third-order valence-electron chi connectivity index (χ3n) is 8.61. The Morgan fingerprint density at radius 3 is 2.29 bits per heavy atom.